The van der Waals surface area contributed by atoms with E-state index in [1.54, 1.807) is 31.2 Å². The summed E-state index contributed by atoms with van der Waals surface area (Å²) in [5.74, 6) is 0.370. The van der Waals surface area contributed by atoms with Gasteiger partial charge in [0.05, 0.1) is 0 Å². The molecule has 1 N–H and O–H groups in total. The molecule has 0 aliphatic heterocycles. The molecule has 1 atom stereocenters. The third kappa shape index (κ3) is 5.39. The van der Waals surface area contributed by atoms with Crippen molar-refractivity contribution in [2.75, 3.05) is 6.54 Å². The first-order chi connectivity index (χ1) is 11.5. The number of ether oxygens (including phenoxy) is 1. The fourth-order valence-electron chi connectivity index (χ4n) is 2.15. The number of Topliss-reactive ketones (excluding diaryl/α,β-unsaturated/α-hetero) is 1. The first-order valence-corrected chi connectivity index (χ1v) is 8.13. The molecule has 0 aromatic heterocycles. The van der Waals surface area contributed by atoms with Crippen molar-refractivity contribution in [3.05, 3.63) is 64.7 Å². The summed E-state index contributed by atoms with van der Waals surface area (Å²) in [5.41, 5.74) is 1.72. The number of hydrogen-bond acceptors (Lipinski definition) is 3. The third-order valence-electron chi connectivity index (χ3n) is 3.57. The lowest BCUT2D eigenvalue weighted by molar-refractivity contribution is -0.127. The van der Waals surface area contributed by atoms with Gasteiger partial charge >= 0.3 is 0 Å². The van der Waals surface area contributed by atoms with E-state index in [2.05, 4.69) is 5.32 Å². The van der Waals surface area contributed by atoms with Crippen molar-refractivity contribution in [1.82, 2.24) is 5.32 Å². The van der Waals surface area contributed by atoms with Gasteiger partial charge in [0.2, 0.25) is 0 Å². The number of nitrogens with one attached hydrogen (secondary N) is 1. The first-order valence-electron chi connectivity index (χ1n) is 7.75. The van der Waals surface area contributed by atoms with Crippen molar-refractivity contribution < 1.29 is 14.3 Å². The summed E-state index contributed by atoms with van der Waals surface area (Å²) in [5, 5.41) is 3.54. The molecule has 0 radical (unpaired) electrons. The second-order valence-corrected chi connectivity index (χ2v) is 5.94. The zero-order chi connectivity index (χ0) is 17.5. The summed E-state index contributed by atoms with van der Waals surface area (Å²) >= 11 is 5.84. The maximum atomic E-state index is 12.1. The fourth-order valence-corrected chi connectivity index (χ4v) is 2.28. The van der Waals surface area contributed by atoms with E-state index >= 15 is 0 Å². The molecule has 4 nitrogen and oxygen atoms in total. The normalized spacial score (nSPS) is 11.6. The minimum absolute atomic E-state index is 0.00505. The number of halogens is 1. The Morgan fingerprint density at radius 3 is 2.29 bits per heavy atom. The highest BCUT2D eigenvalue weighted by Gasteiger charge is 2.14. The summed E-state index contributed by atoms with van der Waals surface area (Å²) in [4.78, 5) is 23.3. The van der Waals surface area contributed by atoms with Crippen LogP contribution in [0.3, 0.4) is 0 Å². The van der Waals surface area contributed by atoms with Crippen molar-refractivity contribution in [2.24, 2.45) is 0 Å². The molecule has 0 aliphatic carbocycles. The largest absolute Gasteiger partial charge is 0.481 e. The van der Waals surface area contributed by atoms with Gasteiger partial charge in [-0.2, -0.15) is 0 Å². The molecule has 2 rings (SSSR count). The Morgan fingerprint density at radius 1 is 1.08 bits per heavy atom. The van der Waals surface area contributed by atoms with Crippen LogP contribution in [-0.4, -0.2) is 24.3 Å². The van der Waals surface area contributed by atoms with Crippen LogP contribution in [0.2, 0.25) is 5.02 Å². The molecule has 5 heteroatoms. The van der Waals surface area contributed by atoms with Crippen molar-refractivity contribution in [3.8, 4) is 5.75 Å². The summed E-state index contributed by atoms with van der Waals surface area (Å²) in [6.45, 7) is 3.72. The molecular formula is C19H20ClNO3. The van der Waals surface area contributed by atoms with Gasteiger partial charge in [-0.15, -0.1) is 0 Å². The minimum atomic E-state index is -0.613. The van der Waals surface area contributed by atoms with Crippen LogP contribution in [0, 0.1) is 0 Å². The third-order valence-corrected chi connectivity index (χ3v) is 3.82. The smallest absolute Gasteiger partial charge is 0.260 e. The maximum Gasteiger partial charge on any atom is 0.260 e. The predicted octanol–water partition coefficient (Wildman–Crippen LogP) is 3.67. The SMILES string of the molecule is CC(=O)c1ccc(OC(C)C(=O)NCCc2ccc(Cl)cc2)cc1. The molecule has 2 aromatic rings. The molecule has 126 valence electrons. The van der Waals surface area contributed by atoms with Crippen molar-refractivity contribution in [3.63, 3.8) is 0 Å². The van der Waals surface area contributed by atoms with Crippen LogP contribution in [-0.2, 0) is 11.2 Å². The predicted molar refractivity (Wildman–Crippen MR) is 94.7 cm³/mol. The van der Waals surface area contributed by atoms with Crippen LogP contribution in [0.4, 0.5) is 0 Å². The number of ketones is 1. The van der Waals surface area contributed by atoms with E-state index in [1.165, 1.54) is 6.92 Å². The van der Waals surface area contributed by atoms with E-state index in [9.17, 15) is 9.59 Å². The lowest BCUT2D eigenvalue weighted by Crippen LogP contribution is -2.37. The van der Waals surface area contributed by atoms with Crippen LogP contribution in [0.15, 0.2) is 48.5 Å². The topological polar surface area (TPSA) is 55.4 Å². The summed E-state index contributed by atoms with van der Waals surface area (Å²) in [6, 6.07) is 14.3. The second-order valence-electron chi connectivity index (χ2n) is 5.51. The van der Waals surface area contributed by atoms with Gasteiger partial charge in [-0.05, 0) is 62.2 Å². The molecule has 0 spiro atoms. The monoisotopic (exact) mass is 345 g/mol. The number of carbonyl (C=O) groups excluding carboxylic acids is 2. The van der Waals surface area contributed by atoms with Crippen molar-refractivity contribution in [2.45, 2.75) is 26.4 Å². The number of benzene rings is 2. The van der Waals surface area contributed by atoms with Crippen LogP contribution in [0.1, 0.15) is 29.8 Å². The number of carbonyl (C=O) groups is 2. The molecule has 0 bridgehead atoms. The minimum Gasteiger partial charge on any atom is -0.481 e. The molecular weight excluding hydrogens is 326 g/mol. The van der Waals surface area contributed by atoms with Gasteiger partial charge in [0.1, 0.15) is 5.75 Å². The summed E-state index contributed by atoms with van der Waals surface area (Å²) in [7, 11) is 0. The molecule has 24 heavy (non-hydrogen) atoms. The highest BCUT2D eigenvalue weighted by molar-refractivity contribution is 6.30. The first kappa shape index (κ1) is 18.0. The lowest BCUT2D eigenvalue weighted by Gasteiger charge is -2.15. The van der Waals surface area contributed by atoms with Crippen LogP contribution in [0.5, 0.6) is 5.75 Å². The average molecular weight is 346 g/mol. The average Bonchev–Trinajstić information content (AvgIpc) is 2.57. The Balaban J connectivity index is 1.79. The molecule has 0 heterocycles. The molecule has 0 saturated heterocycles. The molecule has 0 saturated carbocycles. The summed E-state index contributed by atoms with van der Waals surface area (Å²) < 4.78 is 5.59. The van der Waals surface area contributed by atoms with E-state index in [4.69, 9.17) is 16.3 Å². The van der Waals surface area contributed by atoms with Gasteiger partial charge in [0.25, 0.3) is 5.91 Å². The van der Waals surface area contributed by atoms with Gasteiger partial charge in [-0.25, -0.2) is 0 Å². The quantitative estimate of drug-likeness (QED) is 0.779. The van der Waals surface area contributed by atoms with Crippen molar-refractivity contribution in [1.29, 1.82) is 0 Å². The zero-order valence-corrected chi connectivity index (χ0v) is 14.5. The van der Waals surface area contributed by atoms with Crippen LogP contribution < -0.4 is 10.1 Å². The number of rotatable bonds is 7. The van der Waals surface area contributed by atoms with E-state index in [0.29, 0.717) is 22.9 Å². The fraction of sp³-hybridized carbons (Fsp3) is 0.263. The van der Waals surface area contributed by atoms with Gasteiger partial charge in [-0.1, -0.05) is 23.7 Å². The maximum absolute atomic E-state index is 12.1. The van der Waals surface area contributed by atoms with Crippen LogP contribution in [0.25, 0.3) is 0 Å². The standard InChI is InChI=1S/C19H20ClNO3/c1-13(22)16-5-9-18(10-6-16)24-14(2)19(23)21-12-11-15-3-7-17(20)8-4-15/h3-10,14H,11-12H2,1-2H3,(H,21,23). The Morgan fingerprint density at radius 2 is 1.71 bits per heavy atom. The Kier molecular flexibility index (Phi) is 6.38. The molecule has 0 fully saturated rings. The molecule has 1 amide bonds. The van der Waals surface area contributed by atoms with Crippen LogP contribution >= 0.6 is 11.6 Å². The van der Waals surface area contributed by atoms with E-state index in [0.717, 1.165) is 12.0 Å². The van der Waals surface area contributed by atoms with Gasteiger partial charge in [0, 0.05) is 17.1 Å². The summed E-state index contributed by atoms with van der Waals surface area (Å²) in [6.07, 6.45) is 0.113. The Labute approximate surface area is 146 Å². The van der Waals surface area contributed by atoms with E-state index < -0.39 is 6.10 Å². The number of hydrogen-bond donors (Lipinski definition) is 1. The highest BCUT2D eigenvalue weighted by atomic mass is 35.5. The van der Waals surface area contributed by atoms with Gasteiger partial charge in [-0.3, -0.25) is 9.59 Å². The molecule has 0 aliphatic rings. The second kappa shape index (κ2) is 8.50. The molecule has 2 aromatic carbocycles. The molecule has 1 unspecified atom stereocenters. The number of amides is 1. The van der Waals surface area contributed by atoms with Gasteiger partial charge < -0.3 is 10.1 Å². The Bertz CT molecular complexity index is 696. The van der Waals surface area contributed by atoms with E-state index in [-0.39, 0.29) is 11.7 Å². The van der Waals surface area contributed by atoms with Crippen molar-refractivity contribution >= 4 is 23.3 Å². The zero-order valence-electron chi connectivity index (χ0n) is 13.7. The lowest BCUT2D eigenvalue weighted by atomic mass is 10.1. The Hall–Kier alpha value is -2.33. The van der Waals surface area contributed by atoms with Gasteiger partial charge in [0.15, 0.2) is 11.9 Å². The van der Waals surface area contributed by atoms with E-state index in [1.807, 2.05) is 24.3 Å². The highest BCUT2D eigenvalue weighted by Crippen LogP contribution is 2.14.